The molecule has 198 valence electrons. The molecule has 0 saturated heterocycles. The first-order chi connectivity index (χ1) is 17.9. The van der Waals surface area contributed by atoms with Crippen LogP contribution in [0.5, 0.6) is 0 Å². The van der Waals surface area contributed by atoms with E-state index >= 15 is 0 Å². The molecule has 6 heteroatoms. The van der Waals surface area contributed by atoms with Crippen LogP contribution in [-0.2, 0) is 17.4 Å². The molecule has 0 heterocycles. The normalized spacial score (nSPS) is 16.0. The van der Waals surface area contributed by atoms with E-state index in [2.05, 4.69) is 50.5 Å². The standard InChI is InChI=1S/C32H35FN2O3/c1-31(2)16-17-32(3,4)29-26(31)18-24(19-27(29)35(5)20-22-8-13-25(33)14-9-22)28(36)15-10-21-6-11-23(12-7-21)30(37)34-38/h6-9,11-14,18-19,28,36,38H,16-17,20H2,1-5H3,(H,34,37). The van der Waals surface area contributed by atoms with Crippen molar-refractivity contribution in [2.24, 2.45) is 0 Å². The fourth-order valence-corrected chi connectivity index (χ4v) is 5.19. The molecule has 5 nitrogen and oxygen atoms in total. The fraction of sp³-hybridized carbons (Fsp3) is 0.344. The maximum atomic E-state index is 13.5. The van der Waals surface area contributed by atoms with Crippen molar-refractivity contribution in [3.63, 3.8) is 0 Å². The zero-order chi connectivity index (χ0) is 27.7. The predicted octanol–water partition coefficient (Wildman–Crippen LogP) is 6.02. The topological polar surface area (TPSA) is 72.8 Å². The molecule has 0 aromatic heterocycles. The molecule has 1 amide bonds. The minimum Gasteiger partial charge on any atom is -0.376 e. The molecule has 4 rings (SSSR count). The molecule has 0 fully saturated rings. The highest BCUT2D eigenvalue weighted by Gasteiger charge is 2.40. The highest BCUT2D eigenvalue weighted by atomic mass is 19.1. The Labute approximate surface area is 224 Å². The fourth-order valence-electron chi connectivity index (χ4n) is 5.19. The van der Waals surface area contributed by atoms with Crippen LogP contribution in [0.2, 0.25) is 0 Å². The summed E-state index contributed by atoms with van der Waals surface area (Å²) in [5.41, 5.74) is 7.71. The number of rotatable bonds is 5. The van der Waals surface area contributed by atoms with E-state index < -0.39 is 12.0 Å². The lowest BCUT2D eigenvalue weighted by Gasteiger charge is -2.44. The number of aliphatic hydroxyl groups excluding tert-OH is 1. The number of nitrogens with one attached hydrogen (secondary N) is 1. The number of carbonyl (C=O) groups is 1. The van der Waals surface area contributed by atoms with Crippen molar-refractivity contribution in [1.82, 2.24) is 5.48 Å². The van der Waals surface area contributed by atoms with Crippen molar-refractivity contribution in [2.75, 3.05) is 11.9 Å². The van der Waals surface area contributed by atoms with Crippen LogP contribution in [0.4, 0.5) is 10.1 Å². The minimum absolute atomic E-state index is 0.0466. The third-order valence-corrected chi connectivity index (χ3v) is 7.58. The van der Waals surface area contributed by atoms with E-state index in [1.165, 1.54) is 23.3 Å². The molecule has 0 bridgehead atoms. The summed E-state index contributed by atoms with van der Waals surface area (Å²) in [4.78, 5) is 13.7. The highest BCUT2D eigenvalue weighted by molar-refractivity contribution is 5.93. The van der Waals surface area contributed by atoms with Crippen LogP contribution in [0.3, 0.4) is 0 Å². The van der Waals surface area contributed by atoms with Crippen molar-refractivity contribution >= 4 is 11.6 Å². The summed E-state index contributed by atoms with van der Waals surface area (Å²) < 4.78 is 13.5. The molecule has 3 aromatic carbocycles. The maximum absolute atomic E-state index is 13.5. The van der Waals surface area contributed by atoms with Crippen LogP contribution < -0.4 is 10.4 Å². The van der Waals surface area contributed by atoms with Gasteiger partial charge in [-0.15, -0.1) is 0 Å². The molecule has 0 radical (unpaired) electrons. The number of nitrogens with zero attached hydrogens (tertiary/aromatic N) is 1. The van der Waals surface area contributed by atoms with Gasteiger partial charge in [0.15, 0.2) is 0 Å². The molecule has 0 saturated carbocycles. The van der Waals surface area contributed by atoms with Crippen LogP contribution in [0.15, 0.2) is 60.7 Å². The summed E-state index contributed by atoms with van der Waals surface area (Å²) in [7, 11) is 2.03. The number of hydrogen-bond acceptors (Lipinski definition) is 4. The monoisotopic (exact) mass is 514 g/mol. The number of anilines is 1. The van der Waals surface area contributed by atoms with Gasteiger partial charge in [0.05, 0.1) is 0 Å². The number of amides is 1. The number of halogens is 1. The lowest BCUT2D eigenvalue weighted by molar-refractivity contribution is 0.0706. The molecular weight excluding hydrogens is 479 g/mol. The van der Waals surface area contributed by atoms with Gasteiger partial charge in [0.2, 0.25) is 0 Å². The van der Waals surface area contributed by atoms with Gasteiger partial charge in [0.25, 0.3) is 5.91 Å². The first kappa shape index (κ1) is 27.4. The second-order valence-electron chi connectivity index (χ2n) is 11.4. The summed E-state index contributed by atoms with van der Waals surface area (Å²) in [5.74, 6) is 5.09. The summed E-state index contributed by atoms with van der Waals surface area (Å²) >= 11 is 0. The van der Waals surface area contributed by atoms with Crippen molar-refractivity contribution in [2.45, 2.75) is 64.0 Å². The lowest BCUT2D eigenvalue weighted by atomic mass is 9.62. The third-order valence-electron chi connectivity index (χ3n) is 7.58. The van der Waals surface area contributed by atoms with Gasteiger partial charge in [-0.1, -0.05) is 57.7 Å². The van der Waals surface area contributed by atoms with Gasteiger partial charge >= 0.3 is 0 Å². The average Bonchev–Trinajstić information content (AvgIpc) is 2.90. The van der Waals surface area contributed by atoms with E-state index in [1.807, 2.05) is 13.1 Å². The van der Waals surface area contributed by atoms with Gasteiger partial charge in [-0.05, 0) is 88.4 Å². The Morgan fingerprint density at radius 1 is 1.03 bits per heavy atom. The summed E-state index contributed by atoms with van der Waals surface area (Å²) in [6.07, 6.45) is 1.07. The minimum atomic E-state index is -1.01. The largest absolute Gasteiger partial charge is 0.376 e. The van der Waals surface area contributed by atoms with Crippen LogP contribution in [0.1, 0.15) is 84.8 Å². The number of aliphatic hydroxyl groups is 1. The number of fused-ring (bicyclic) bond motifs is 1. The van der Waals surface area contributed by atoms with E-state index in [9.17, 15) is 14.3 Å². The SMILES string of the molecule is CN(Cc1ccc(F)cc1)c1cc(C(O)C#Cc2ccc(C(=O)NO)cc2)cc2c1C(C)(C)CCC2(C)C. The van der Waals surface area contributed by atoms with Gasteiger partial charge < -0.3 is 10.0 Å². The van der Waals surface area contributed by atoms with Crippen molar-refractivity contribution in [3.05, 3.63) is 99.9 Å². The molecule has 1 aliphatic carbocycles. The molecule has 3 aromatic rings. The van der Waals surface area contributed by atoms with Crippen molar-refractivity contribution < 1.29 is 19.5 Å². The number of benzene rings is 3. The van der Waals surface area contributed by atoms with Gasteiger partial charge in [-0.25, -0.2) is 9.87 Å². The highest BCUT2D eigenvalue weighted by Crippen LogP contribution is 2.50. The molecule has 38 heavy (non-hydrogen) atoms. The molecular formula is C32H35FN2O3. The van der Waals surface area contributed by atoms with Crippen molar-refractivity contribution in [1.29, 1.82) is 0 Å². The van der Waals surface area contributed by atoms with E-state index in [-0.39, 0.29) is 16.6 Å². The van der Waals surface area contributed by atoms with Gasteiger partial charge in [-0.2, -0.15) is 0 Å². The first-order valence-electron chi connectivity index (χ1n) is 12.8. The second kappa shape index (κ2) is 10.6. The molecule has 0 spiro atoms. The van der Waals surface area contributed by atoms with Gasteiger partial charge in [-0.3, -0.25) is 10.0 Å². The third kappa shape index (κ3) is 5.75. The Bertz CT molecular complexity index is 1380. The summed E-state index contributed by atoms with van der Waals surface area (Å²) in [5, 5.41) is 19.9. The Morgan fingerprint density at radius 2 is 1.66 bits per heavy atom. The Morgan fingerprint density at radius 3 is 2.29 bits per heavy atom. The lowest BCUT2D eigenvalue weighted by Crippen LogP contribution is -2.36. The number of carbonyl (C=O) groups excluding carboxylic acids is 1. The van der Waals surface area contributed by atoms with E-state index in [1.54, 1.807) is 41.9 Å². The Hall–Kier alpha value is -3.66. The Kier molecular flexibility index (Phi) is 7.64. The van der Waals surface area contributed by atoms with Gasteiger partial charge in [0.1, 0.15) is 11.9 Å². The molecule has 1 unspecified atom stereocenters. The van der Waals surface area contributed by atoms with E-state index in [4.69, 9.17) is 5.21 Å². The van der Waals surface area contributed by atoms with E-state index in [0.717, 1.165) is 29.7 Å². The second-order valence-corrected chi connectivity index (χ2v) is 11.4. The van der Waals surface area contributed by atoms with Crippen LogP contribution in [0, 0.1) is 17.7 Å². The Balaban J connectivity index is 1.74. The van der Waals surface area contributed by atoms with Gasteiger partial charge in [0, 0.05) is 30.4 Å². The zero-order valence-corrected chi connectivity index (χ0v) is 22.6. The average molecular weight is 515 g/mol. The molecule has 1 atom stereocenters. The maximum Gasteiger partial charge on any atom is 0.274 e. The number of hydrogen-bond donors (Lipinski definition) is 3. The van der Waals surface area contributed by atoms with Crippen LogP contribution in [0.25, 0.3) is 0 Å². The first-order valence-corrected chi connectivity index (χ1v) is 12.8. The quantitative estimate of drug-likeness (QED) is 0.221. The zero-order valence-electron chi connectivity index (χ0n) is 22.6. The summed E-state index contributed by atoms with van der Waals surface area (Å²) in [6, 6.07) is 17.1. The van der Waals surface area contributed by atoms with E-state index in [0.29, 0.717) is 17.7 Å². The van der Waals surface area contributed by atoms with Crippen LogP contribution in [-0.4, -0.2) is 23.3 Å². The number of hydroxylamine groups is 1. The van der Waals surface area contributed by atoms with Crippen molar-refractivity contribution in [3.8, 4) is 11.8 Å². The summed E-state index contributed by atoms with van der Waals surface area (Å²) in [6.45, 7) is 9.63. The molecule has 1 aliphatic rings. The predicted molar refractivity (Wildman–Crippen MR) is 148 cm³/mol. The van der Waals surface area contributed by atoms with Crippen LogP contribution >= 0.6 is 0 Å². The molecule has 0 aliphatic heterocycles. The smallest absolute Gasteiger partial charge is 0.274 e. The molecule has 3 N–H and O–H groups in total.